The molecule has 0 radical (unpaired) electrons. The van der Waals surface area contributed by atoms with Crippen molar-refractivity contribution < 1.29 is 9.53 Å². The van der Waals surface area contributed by atoms with Crippen LogP contribution in [0.3, 0.4) is 0 Å². The summed E-state index contributed by atoms with van der Waals surface area (Å²) in [5.41, 5.74) is 1.15. The summed E-state index contributed by atoms with van der Waals surface area (Å²) >= 11 is 0. The lowest BCUT2D eigenvalue weighted by atomic mass is 10.2. The number of carbonyl (C=O) groups is 1. The number of hydrogen-bond acceptors (Lipinski definition) is 5. The average molecular weight is 320 g/mol. The maximum Gasteiger partial charge on any atom is 0.222 e. The minimum Gasteiger partial charge on any atom is -0.383 e. The number of likely N-dealkylation sites (tertiary alicyclic amines) is 1. The van der Waals surface area contributed by atoms with Gasteiger partial charge in [0.1, 0.15) is 5.82 Å². The lowest BCUT2D eigenvalue weighted by Crippen LogP contribution is -2.39. The minimum absolute atomic E-state index is 0.279. The number of ether oxygens (including phenoxy) is 1. The second kappa shape index (κ2) is 8.84. The third kappa shape index (κ3) is 5.48. The second-order valence-corrected chi connectivity index (χ2v) is 6.16. The van der Waals surface area contributed by atoms with E-state index in [-0.39, 0.29) is 11.9 Å². The number of methoxy groups -OCH3 is 1. The molecule has 1 aliphatic heterocycles. The van der Waals surface area contributed by atoms with Crippen LogP contribution in [-0.2, 0) is 16.1 Å². The van der Waals surface area contributed by atoms with Crippen LogP contribution in [0.4, 0.5) is 5.82 Å². The van der Waals surface area contributed by atoms with Gasteiger partial charge in [-0.2, -0.15) is 0 Å². The van der Waals surface area contributed by atoms with Crippen molar-refractivity contribution in [3.8, 4) is 0 Å². The van der Waals surface area contributed by atoms with E-state index >= 15 is 0 Å². The number of likely N-dealkylation sites (N-methyl/N-ethyl adjacent to an activating group) is 1. The Morgan fingerprint density at radius 2 is 2.30 bits per heavy atom. The van der Waals surface area contributed by atoms with Crippen LogP contribution in [-0.4, -0.2) is 62.2 Å². The first-order valence-corrected chi connectivity index (χ1v) is 8.26. The Morgan fingerprint density at radius 1 is 1.48 bits per heavy atom. The first kappa shape index (κ1) is 17.7. The zero-order valence-electron chi connectivity index (χ0n) is 14.4. The van der Waals surface area contributed by atoms with Gasteiger partial charge < -0.3 is 19.9 Å². The Balaban J connectivity index is 1.76. The van der Waals surface area contributed by atoms with E-state index in [1.807, 2.05) is 24.2 Å². The first-order chi connectivity index (χ1) is 11.1. The fourth-order valence-corrected chi connectivity index (χ4v) is 2.67. The Kier molecular flexibility index (Phi) is 6.80. The molecule has 1 aromatic heterocycles. The summed E-state index contributed by atoms with van der Waals surface area (Å²) in [6.45, 7) is 6.07. The summed E-state index contributed by atoms with van der Waals surface area (Å²) in [4.78, 5) is 20.1. The van der Waals surface area contributed by atoms with E-state index in [2.05, 4.69) is 28.2 Å². The molecule has 2 heterocycles. The maximum absolute atomic E-state index is 11.6. The fourth-order valence-electron chi connectivity index (χ4n) is 2.67. The number of hydrogen-bond donors (Lipinski definition) is 1. The van der Waals surface area contributed by atoms with Crippen molar-refractivity contribution in [3.05, 3.63) is 23.9 Å². The summed E-state index contributed by atoms with van der Waals surface area (Å²) in [6.07, 6.45) is 3.60. The highest BCUT2D eigenvalue weighted by Crippen LogP contribution is 2.11. The number of nitrogens with zero attached hydrogens (tertiary/aromatic N) is 3. The molecule has 2 rings (SSSR count). The van der Waals surface area contributed by atoms with Gasteiger partial charge in [-0.1, -0.05) is 6.07 Å². The van der Waals surface area contributed by atoms with Gasteiger partial charge in [-0.15, -0.1) is 0 Å². The number of pyridine rings is 1. The van der Waals surface area contributed by atoms with E-state index in [4.69, 9.17) is 4.74 Å². The maximum atomic E-state index is 11.6. The third-order valence-electron chi connectivity index (χ3n) is 4.15. The van der Waals surface area contributed by atoms with Crippen molar-refractivity contribution in [2.24, 2.45) is 0 Å². The molecule has 1 atom stereocenters. The smallest absolute Gasteiger partial charge is 0.222 e. The molecule has 0 bridgehead atoms. The quantitative estimate of drug-likeness (QED) is 0.742. The zero-order chi connectivity index (χ0) is 16.7. The highest BCUT2D eigenvalue weighted by atomic mass is 16.5. The normalized spacial score (nSPS) is 16.0. The summed E-state index contributed by atoms with van der Waals surface area (Å²) in [5.74, 6) is 1.23. The summed E-state index contributed by atoms with van der Waals surface area (Å²) < 4.78 is 5.08. The van der Waals surface area contributed by atoms with Gasteiger partial charge in [-0.3, -0.25) is 4.79 Å². The highest BCUT2D eigenvalue weighted by Gasteiger charge is 2.21. The number of nitrogens with one attached hydrogen (secondary N) is 1. The van der Waals surface area contributed by atoms with Gasteiger partial charge >= 0.3 is 0 Å². The Labute approximate surface area is 138 Å². The molecule has 1 aromatic rings. The van der Waals surface area contributed by atoms with Gasteiger partial charge in [0, 0.05) is 59.0 Å². The van der Waals surface area contributed by atoms with Gasteiger partial charge in [0.15, 0.2) is 0 Å². The van der Waals surface area contributed by atoms with Crippen molar-refractivity contribution in [2.45, 2.75) is 32.4 Å². The number of carbonyl (C=O) groups excluding carboxylic acids is 1. The molecule has 1 amide bonds. The predicted molar refractivity (Wildman–Crippen MR) is 91.5 cm³/mol. The summed E-state index contributed by atoms with van der Waals surface area (Å²) in [5, 5.41) is 3.46. The van der Waals surface area contributed by atoms with Crippen LogP contribution in [0.1, 0.15) is 25.3 Å². The van der Waals surface area contributed by atoms with E-state index in [0.29, 0.717) is 13.0 Å². The van der Waals surface area contributed by atoms with E-state index < -0.39 is 0 Å². The van der Waals surface area contributed by atoms with Crippen LogP contribution >= 0.6 is 0 Å². The third-order valence-corrected chi connectivity index (χ3v) is 4.15. The molecule has 6 heteroatoms. The Bertz CT molecular complexity index is 492. The Morgan fingerprint density at radius 3 is 2.91 bits per heavy atom. The molecule has 0 spiro atoms. The SMILES string of the molecule is COCCN(C)c1ccc(CNC(C)CN2CCCC2=O)cn1. The summed E-state index contributed by atoms with van der Waals surface area (Å²) in [7, 11) is 3.71. The van der Waals surface area contributed by atoms with Gasteiger partial charge in [0.2, 0.25) is 5.91 Å². The molecule has 23 heavy (non-hydrogen) atoms. The van der Waals surface area contributed by atoms with E-state index in [1.54, 1.807) is 7.11 Å². The molecule has 0 aromatic carbocycles. The number of aromatic nitrogens is 1. The molecule has 1 unspecified atom stereocenters. The molecule has 0 aliphatic carbocycles. The van der Waals surface area contributed by atoms with Crippen molar-refractivity contribution in [1.82, 2.24) is 15.2 Å². The highest BCUT2D eigenvalue weighted by molar-refractivity contribution is 5.78. The van der Waals surface area contributed by atoms with Gasteiger partial charge in [0.25, 0.3) is 0 Å². The van der Waals surface area contributed by atoms with E-state index in [9.17, 15) is 4.79 Å². The van der Waals surface area contributed by atoms with Crippen LogP contribution in [0.2, 0.25) is 0 Å². The van der Waals surface area contributed by atoms with Crippen molar-refractivity contribution in [1.29, 1.82) is 0 Å². The molecule has 1 N–H and O–H groups in total. The van der Waals surface area contributed by atoms with Crippen LogP contribution in [0.25, 0.3) is 0 Å². The number of anilines is 1. The molecule has 6 nitrogen and oxygen atoms in total. The largest absolute Gasteiger partial charge is 0.383 e. The summed E-state index contributed by atoms with van der Waals surface area (Å²) in [6, 6.07) is 4.40. The fraction of sp³-hybridized carbons (Fsp3) is 0.647. The predicted octanol–water partition coefficient (Wildman–Crippen LogP) is 1.26. The van der Waals surface area contributed by atoms with Crippen LogP contribution < -0.4 is 10.2 Å². The van der Waals surface area contributed by atoms with Crippen molar-refractivity contribution >= 4 is 11.7 Å². The zero-order valence-corrected chi connectivity index (χ0v) is 14.4. The molecule has 128 valence electrons. The number of amides is 1. The van der Waals surface area contributed by atoms with Gasteiger partial charge in [-0.25, -0.2) is 4.98 Å². The standard InChI is InChI=1S/C17H28N4O2/c1-14(13-21-8-4-5-17(21)22)18-11-15-6-7-16(19-12-15)20(2)9-10-23-3/h6-7,12,14,18H,4-5,8-11,13H2,1-3H3. The lowest BCUT2D eigenvalue weighted by Gasteiger charge is -2.22. The van der Waals surface area contributed by atoms with Crippen LogP contribution in [0.15, 0.2) is 18.3 Å². The van der Waals surface area contributed by atoms with Gasteiger partial charge in [0.05, 0.1) is 6.61 Å². The topological polar surface area (TPSA) is 57.7 Å². The molecular formula is C17H28N4O2. The van der Waals surface area contributed by atoms with E-state index in [1.165, 1.54) is 0 Å². The van der Waals surface area contributed by atoms with Crippen LogP contribution in [0, 0.1) is 0 Å². The minimum atomic E-state index is 0.279. The van der Waals surface area contributed by atoms with Crippen molar-refractivity contribution in [2.75, 3.05) is 45.3 Å². The molecule has 1 fully saturated rings. The molecular weight excluding hydrogens is 292 g/mol. The second-order valence-electron chi connectivity index (χ2n) is 6.16. The average Bonchev–Trinajstić information content (AvgIpc) is 2.96. The molecule has 1 saturated heterocycles. The number of rotatable bonds is 9. The monoisotopic (exact) mass is 320 g/mol. The first-order valence-electron chi connectivity index (χ1n) is 8.26. The Hall–Kier alpha value is -1.66. The van der Waals surface area contributed by atoms with E-state index in [0.717, 1.165) is 44.0 Å². The van der Waals surface area contributed by atoms with Gasteiger partial charge in [-0.05, 0) is 25.0 Å². The molecule has 1 aliphatic rings. The molecule has 0 saturated carbocycles. The lowest BCUT2D eigenvalue weighted by molar-refractivity contribution is -0.127. The van der Waals surface area contributed by atoms with Crippen LogP contribution in [0.5, 0.6) is 0 Å². The van der Waals surface area contributed by atoms with Crippen molar-refractivity contribution in [3.63, 3.8) is 0 Å².